The number of nitrogens with zero attached hydrogens (tertiary/aromatic N) is 3. The van der Waals surface area contributed by atoms with E-state index in [1.165, 1.54) is 18.5 Å². The van der Waals surface area contributed by atoms with Crippen LogP contribution in [0.1, 0.15) is 0 Å². The van der Waals surface area contributed by atoms with E-state index >= 15 is 0 Å². The van der Waals surface area contributed by atoms with Gasteiger partial charge in [0.1, 0.15) is 0 Å². The summed E-state index contributed by atoms with van der Waals surface area (Å²) in [5.74, 6) is 0. The van der Waals surface area contributed by atoms with Crippen LogP contribution in [-0.4, -0.2) is 9.91 Å². The maximum absolute atomic E-state index is 10.3. The Bertz CT molecular complexity index is 440. The van der Waals surface area contributed by atoms with Gasteiger partial charge < -0.3 is 9.97 Å². The van der Waals surface area contributed by atoms with Crippen LogP contribution in [0.3, 0.4) is 0 Å². The number of benzene rings is 1. The van der Waals surface area contributed by atoms with Gasteiger partial charge in [0.05, 0.1) is 4.92 Å². The van der Waals surface area contributed by atoms with Crippen LogP contribution < -0.4 is 34.5 Å². The van der Waals surface area contributed by atoms with Gasteiger partial charge in [0.25, 0.3) is 5.69 Å². The molecule has 2 rings (SSSR count). The van der Waals surface area contributed by atoms with Crippen LogP contribution in [-0.2, 0) is 0 Å². The molecule has 0 radical (unpaired) electrons. The van der Waals surface area contributed by atoms with Gasteiger partial charge in [0.15, 0.2) is 0 Å². The van der Waals surface area contributed by atoms with Crippen LogP contribution in [0.5, 0.6) is 0 Å². The summed E-state index contributed by atoms with van der Waals surface area (Å²) < 4.78 is 0. The van der Waals surface area contributed by atoms with Crippen LogP contribution >= 0.6 is 0 Å². The molecule has 0 saturated heterocycles. The second-order valence-corrected chi connectivity index (χ2v) is 2.30. The monoisotopic (exact) mass is 185 g/mol. The van der Waals surface area contributed by atoms with Gasteiger partial charge in [0.2, 0.25) is 0 Å². The molecule has 1 aromatic carbocycles. The number of aromatic nitrogens is 2. The fourth-order valence-electron chi connectivity index (χ4n) is 0.991. The van der Waals surface area contributed by atoms with Gasteiger partial charge in [-0.3, -0.25) is 10.1 Å². The SMILES string of the molecule is O=[N+]([O-])c1ccc2[n-]cnc2c1.[Na+]. The Labute approximate surface area is 95.6 Å². The van der Waals surface area contributed by atoms with Crippen LogP contribution in [0.4, 0.5) is 5.69 Å². The summed E-state index contributed by atoms with van der Waals surface area (Å²) in [5, 5.41) is 10.3. The van der Waals surface area contributed by atoms with Gasteiger partial charge in [0, 0.05) is 12.1 Å². The minimum atomic E-state index is -0.450. The number of hydrogen-bond acceptors (Lipinski definition) is 3. The third kappa shape index (κ3) is 1.88. The van der Waals surface area contributed by atoms with Crippen molar-refractivity contribution in [2.45, 2.75) is 0 Å². The fourth-order valence-corrected chi connectivity index (χ4v) is 0.991. The molecule has 1 aromatic heterocycles. The number of nitro groups is 1. The molecule has 0 fully saturated rings. The van der Waals surface area contributed by atoms with E-state index in [1.54, 1.807) is 6.07 Å². The van der Waals surface area contributed by atoms with E-state index in [1.807, 2.05) is 0 Å². The van der Waals surface area contributed by atoms with E-state index in [9.17, 15) is 10.1 Å². The predicted octanol–water partition coefficient (Wildman–Crippen LogP) is -1.90. The Hall–Kier alpha value is -0.910. The summed E-state index contributed by atoms with van der Waals surface area (Å²) in [7, 11) is 0. The van der Waals surface area contributed by atoms with Crippen LogP contribution in [0.15, 0.2) is 24.5 Å². The molecule has 1 heterocycles. The Morgan fingerprint density at radius 3 is 2.92 bits per heavy atom. The third-order valence-electron chi connectivity index (χ3n) is 1.56. The first-order chi connectivity index (χ1) is 5.77. The molecule has 0 aliphatic rings. The Kier molecular flexibility index (Phi) is 3.02. The molecule has 0 bridgehead atoms. The largest absolute Gasteiger partial charge is 1.00 e. The number of rotatable bonds is 1. The smallest absolute Gasteiger partial charge is 0.443 e. The maximum Gasteiger partial charge on any atom is 1.00 e. The molecule has 0 atom stereocenters. The zero-order chi connectivity index (χ0) is 8.55. The topological polar surface area (TPSA) is 70.1 Å². The first-order valence-corrected chi connectivity index (χ1v) is 3.29. The molecule has 6 heteroatoms. The number of hydrogen-bond donors (Lipinski definition) is 0. The quantitative estimate of drug-likeness (QED) is 0.296. The van der Waals surface area contributed by atoms with E-state index < -0.39 is 4.92 Å². The first-order valence-electron chi connectivity index (χ1n) is 3.29. The molecule has 5 nitrogen and oxygen atoms in total. The normalized spacial score (nSPS) is 9.54. The van der Waals surface area contributed by atoms with Gasteiger partial charge >= 0.3 is 29.6 Å². The first kappa shape index (κ1) is 10.2. The number of nitro benzene ring substituents is 1. The molecule has 0 aliphatic heterocycles. The molecular weight excluding hydrogens is 181 g/mol. The Balaban J connectivity index is 0.000000845. The number of fused-ring (bicyclic) bond motifs is 1. The minimum absolute atomic E-state index is 0. The van der Waals surface area contributed by atoms with Crippen molar-refractivity contribution in [1.29, 1.82) is 0 Å². The summed E-state index contributed by atoms with van der Waals surface area (Å²) in [6.45, 7) is 0. The summed E-state index contributed by atoms with van der Waals surface area (Å²) in [6.07, 6.45) is 1.38. The molecule has 0 spiro atoms. The van der Waals surface area contributed by atoms with Crippen molar-refractivity contribution in [2.24, 2.45) is 0 Å². The summed E-state index contributed by atoms with van der Waals surface area (Å²) in [6, 6.07) is 4.40. The van der Waals surface area contributed by atoms with Crippen molar-refractivity contribution in [1.82, 2.24) is 9.97 Å². The molecule has 0 unspecified atom stereocenters. The van der Waals surface area contributed by atoms with E-state index in [0.717, 1.165) is 0 Å². The van der Waals surface area contributed by atoms with Crippen LogP contribution in [0, 0.1) is 10.1 Å². The Morgan fingerprint density at radius 1 is 1.46 bits per heavy atom. The second kappa shape index (κ2) is 3.87. The van der Waals surface area contributed by atoms with E-state index in [4.69, 9.17) is 0 Å². The zero-order valence-electron chi connectivity index (χ0n) is 6.97. The molecule has 0 aliphatic carbocycles. The summed E-state index contributed by atoms with van der Waals surface area (Å²) >= 11 is 0. The summed E-state index contributed by atoms with van der Waals surface area (Å²) in [5.41, 5.74) is 1.29. The van der Waals surface area contributed by atoms with E-state index in [0.29, 0.717) is 11.0 Å². The number of non-ortho nitro benzene ring substituents is 1. The van der Waals surface area contributed by atoms with Gasteiger partial charge in [-0.25, -0.2) is 0 Å². The van der Waals surface area contributed by atoms with Gasteiger partial charge in [-0.15, -0.1) is 0 Å². The standard InChI is InChI=1S/C7H4N3O2.Na/c11-10(12)5-1-2-6-7(3-5)9-4-8-6;/h1-4H;/q-1;+1. The van der Waals surface area contributed by atoms with Crippen LogP contribution in [0.2, 0.25) is 0 Å². The second-order valence-electron chi connectivity index (χ2n) is 2.30. The van der Waals surface area contributed by atoms with Crippen molar-refractivity contribution in [3.05, 3.63) is 34.6 Å². The number of imidazole rings is 1. The van der Waals surface area contributed by atoms with Crippen molar-refractivity contribution < 1.29 is 34.5 Å². The fraction of sp³-hybridized carbons (Fsp3) is 0. The van der Waals surface area contributed by atoms with Crippen molar-refractivity contribution >= 4 is 16.7 Å². The van der Waals surface area contributed by atoms with Crippen LogP contribution in [0.25, 0.3) is 11.0 Å². The molecule has 0 amide bonds. The molecular formula is C7H4N3NaO2. The van der Waals surface area contributed by atoms with Gasteiger partial charge in [-0.2, -0.15) is 0 Å². The molecule has 0 saturated carbocycles. The third-order valence-corrected chi connectivity index (χ3v) is 1.56. The molecule has 0 N–H and O–H groups in total. The molecule has 60 valence electrons. The molecule has 13 heavy (non-hydrogen) atoms. The molecule has 2 aromatic rings. The van der Waals surface area contributed by atoms with Crippen molar-refractivity contribution in [3.8, 4) is 0 Å². The Morgan fingerprint density at radius 2 is 2.23 bits per heavy atom. The van der Waals surface area contributed by atoms with E-state index in [-0.39, 0.29) is 35.2 Å². The predicted molar refractivity (Wildman–Crippen MR) is 41.7 cm³/mol. The summed E-state index contributed by atoms with van der Waals surface area (Å²) in [4.78, 5) is 17.6. The van der Waals surface area contributed by atoms with Crippen molar-refractivity contribution in [2.75, 3.05) is 0 Å². The minimum Gasteiger partial charge on any atom is -0.443 e. The van der Waals surface area contributed by atoms with E-state index in [2.05, 4.69) is 9.97 Å². The van der Waals surface area contributed by atoms with Crippen molar-refractivity contribution in [3.63, 3.8) is 0 Å². The van der Waals surface area contributed by atoms with Gasteiger partial charge in [-0.05, 0) is 11.0 Å². The maximum atomic E-state index is 10.3. The van der Waals surface area contributed by atoms with Gasteiger partial charge in [-0.1, -0.05) is 12.4 Å². The average Bonchev–Trinajstić information content (AvgIpc) is 2.49. The average molecular weight is 185 g/mol. The zero-order valence-corrected chi connectivity index (χ0v) is 8.97.